The molecular weight excluding hydrogens is 242 g/mol. The molecule has 19 heavy (non-hydrogen) atoms. The summed E-state index contributed by atoms with van der Waals surface area (Å²) < 4.78 is 5.61. The summed E-state index contributed by atoms with van der Waals surface area (Å²) in [6, 6.07) is 2.15. The minimum atomic E-state index is -0.320. The Bertz CT molecular complexity index is 446. The van der Waals surface area contributed by atoms with Crippen molar-refractivity contribution in [2.75, 3.05) is 7.05 Å². The van der Waals surface area contributed by atoms with Crippen LogP contribution >= 0.6 is 0 Å². The van der Waals surface area contributed by atoms with E-state index in [0.717, 1.165) is 5.76 Å². The van der Waals surface area contributed by atoms with Crippen molar-refractivity contribution in [3.63, 3.8) is 0 Å². The van der Waals surface area contributed by atoms with E-state index < -0.39 is 0 Å². The summed E-state index contributed by atoms with van der Waals surface area (Å²) in [5.41, 5.74) is 2.81. The average Bonchev–Trinajstić information content (AvgIpc) is 2.66. The van der Waals surface area contributed by atoms with Crippen LogP contribution in [0.25, 0.3) is 0 Å². The third-order valence-corrected chi connectivity index (χ3v) is 3.66. The third kappa shape index (κ3) is 3.81. The zero-order chi connectivity index (χ0) is 14.8. The minimum Gasteiger partial charge on any atom is -0.464 e. The zero-order valence-electron chi connectivity index (χ0n) is 12.7. The van der Waals surface area contributed by atoms with Crippen LogP contribution in [-0.2, 0) is 6.54 Å². The molecule has 1 atom stereocenters. The molecule has 0 aliphatic heterocycles. The second-order valence-corrected chi connectivity index (χ2v) is 6.11. The van der Waals surface area contributed by atoms with Crippen molar-refractivity contribution in [1.29, 1.82) is 0 Å². The van der Waals surface area contributed by atoms with Crippen LogP contribution < -0.4 is 11.3 Å². The third-order valence-electron chi connectivity index (χ3n) is 3.66. The molecule has 0 aliphatic rings. The van der Waals surface area contributed by atoms with E-state index in [-0.39, 0.29) is 11.3 Å². The number of carbonyl (C=O) groups excluding carboxylic acids is 1. The number of hydrazine groups is 1. The van der Waals surface area contributed by atoms with Gasteiger partial charge in [0.05, 0.1) is 12.1 Å². The first-order valence-corrected chi connectivity index (χ1v) is 6.47. The van der Waals surface area contributed by atoms with E-state index in [4.69, 9.17) is 10.3 Å². The fourth-order valence-corrected chi connectivity index (χ4v) is 1.97. The maximum absolute atomic E-state index is 11.5. The molecule has 0 spiro atoms. The summed E-state index contributed by atoms with van der Waals surface area (Å²) >= 11 is 0. The van der Waals surface area contributed by atoms with Crippen LogP contribution in [0.1, 0.15) is 49.6 Å². The van der Waals surface area contributed by atoms with Gasteiger partial charge in [-0.2, -0.15) is 0 Å². The molecule has 1 rings (SSSR count). The Morgan fingerprint density at radius 2 is 2.11 bits per heavy atom. The molecule has 0 saturated carbocycles. The standard InChI is InChI=1S/C14H25N3O2/c1-9-12(13(18)16-15)7-11(19-9)8-17(6)10(2)14(3,4)5/h7,10H,8,15H2,1-6H3,(H,16,18). The predicted octanol–water partition coefficient (Wildman–Crippen LogP) is 2.06. The highest BCUT2D eigenvalue weighted by atomic mass is 16.3. The van der Waals surface area contributed by atoms with Crippen LogP contribution in [0.5, 0.6) is 0 Å². The number of nitrogens with one attached hydrogen (secondary N) is 1. The summed E-state index contributed by atoms with van der Waals surface area (Å²) in [4.78, 5) is 13.7. The van der Waals surface area contributed by atoms with Gasteiger partial charge in [-0.3, -0.25) is 15.1 Å². The lowest BCUT2D eigenvalue weighted by Crippen LogP contribution is -2.38. The number of nitrogens with two attached hydrogens (primary N) is 1. The molecule has 0 bridgehead atoms. The molecular formula is C14H25N3O2. The van der Waals surface area contributed by atoms with Gasteiger partial charge in [-0.25, -0.2) is 5.84 Å². The Morgan fingerprint density at radius 3 is 2.58 bits per heavy atom. The van der Waals surface area contributed by atoms with Crippen molar-refractivity contribution in [2.45, 2.75) is 47.2 Å². The predicted molar refractivity (Wildman–Crippen MR) is 75.5 cm³/mol. The lowest BCUT2D eigenvalue weighted by Gasteiger charge is -2.34. The molecule has 5 nitrogen and oxygen atoms in total. The van der Waals surface area contributed by atoms with Crippen LogP contribution in [-0.4, -0.2) is 23.9 Å². The van der Waals surface area contributed by atoms with E-state index in [0.29, 0.717) is 23.9 Å². The molecule has 1 heterocycles. The summed E-state index contributed by atoms with van der Waals surface area (Å²) in [5, 5.41) is 0. The second-order valence-electron chi connectivity index (χ2n) is 6.11. The first kappa shape index (κ1) is 15.7. The number of hydrogen-bond acceptors (Lipinski definition) is 4. The maximum atomic E-state index is 11.5. The first-order chi connectivity index (χ1) is 8.66. The van der Waals surface area contributed by atoms with E-state index in [2.05, 4.69) is 45.1 Å². The van der Waals surface area contributed by atoms with E-state index in [1.54, 1.807) is 13.0 Å². The van der Waals surface area contributed by atoms with Gasteiger partial charge in [0.25, 0.3) is 5.91 Å². The van der Waals surface area contributed by atoms with Crippen LogP contribution in [0.15, 0.2) is 10.5 Å². The SMILES string of the molecule is Cc1oc(CN(C)C(C)C(C)(C)C)cc1C(=O)NN. The number of nitrogen functional groups attached to an aromatic ring is 1. The van der Waals surface area contributed by atoms with Gasteiger partial charge in [-0.05, 0) is 32.4 Å². The molecule has 1 aromatic heterocycles. The monoisotopic (exact) mass is 267 g/mol. The normalized spacial score (nSPS) is 13.7. The number of carbonyl (C=O) groups is 1. The minimum absolute atomic E-state index is 0.188. The number of furan rings is 1. The molecule has 0 aliphatic carbocycles. The van der Waals surface area contributed by atoms with Crippen molar-refractivity contribution in [1.82, 2.24) is 10.3 Å². The van der Waals surface area contributed by atoms with Crippen LogP contribution in [0, 0.1) is 12.3 Å². The molecule has 1 aromatic rings. The van der Waals surface area contributed by atoms with Crippen LogP contribution in [0.2, 0.25) is 0 Å². The molecule has 1 amide bonds. The first-order valence-electron chi connectivity index (χ1n) is 6.47. The van der Waals surface area contributed by atoms with Gasteiger partial charge in [0.15, 0.2) is 0 Å². The van der Waals surface area contributed by atoms with Crippen LogP contribution in [0.3, 0.4) is 0 Å². The lowest BCUT2D eigenvalue weighted by atomic mass is 9.87. The van der Waals surface area contributed by atoms with Crippen molar-refractivity contribution >= 4 is 5.91 Å². The summed E-state index contributed by atoms with van der Waals surface area (Å²) in [5.74, 6) is 6.18. The maximum Gasteiger partial charge on any atom is 0.268 e. The smallest absolute Gasteiger partial charge is 0.268 e. The molecule has 0 fully saturated rings. The highest BCUT2D eigenvalue weighted by molar-refractivity contribution is 5.94. The van der Waals surface area contributed by atoms with Gasteiger partial charge in [0.2, 0.25) is 0 Å². The fourth-order valence-electron chi connectivity index (χ4n) is 1.97. The molecule has 3 N–H and O–H groups in total. The summed E-state index contributed by atoms with van der Waals surface area (Å²) in [6.45, 7) is 11.2. The highest BCUT2D eigenvalue weighted by Crippen LogP contribution is 2.25. The van der Waals surface area contributed by atoms with Crippen LogP contribution in [0.4, 0.5) is 0 Å². The Hall–Kier alpha value is -1.33. The quantitative estimate of drug-likeness (QED) is 0.497. The van der Waals surface area contributed by atoms with E-state index in [1.165, 1.54) is 0 Å². The Morgan fingerprint density at radius 1 is 1.53 bits per heavy atom. The number of aryl methyl sites for hydroxylation is 1. The van der Waals surface area contributed by atoms with Gasteiger partial charge >= 0.3 is 0 Å². The lowest BCUT2D eigenvalue weighted by molar-refractivity contribution is 0.0952. The fraction of sp³-hybridized carbons (Fsp3) is 0.643. The molecule has 1 unspecified atom stereocenters. The van der Waals surface area contributed by atoms with Gasteiger partial charge < -0.3 is 4.42 Å². The Balaban J connectivity index is 2.81. The van der Waals surface area contributed by atoms with E-state index in [9.17, 15) is 4.79 Å². The molecule has 108 valence electrons. The second kappa shape index (κ2) is 5.75. The van der Waals surface area contributed by atoms with Crippen molar-refractivity contribution in [3.8, 4) is 0 Å². The van der Waals surface area contributed by atoms with Crippen molar-refractivity contribution in [2.24, 2.45) is 11.3 Å². The van der Waals surface area contributed by atoms with Gasteiger partial charge in [-0.1, -0.05) is 20.8 Å². The highest BCUT2D eigenvalue weighted by Gasteiger charge is 2.25. The molecule has 0 radical (unpaired) electrons. The summed E-state index contributed by atoms with van der Waals surface area (Å²) in [6.07, 6.45) is 0. The molecule has 0 saturated heterocycles. The number of rotatable bonds is 4. The number of hydrogen-bond donors (Lipinski definition) is 2. The molecule has 5 heteroatoms. The number of nitrogens with zero attached hydrogens (tertiary/aromatic N) is 1. The van der Waals surface area contributed by atoms with E-state index in [1.807, 2.05) is 0 Å². The van der Waals surface area contributed by atoms with Gasteiger partial charge in [0.1, 0.15) is 11.5 Å². The summed E-state index contributed by atoms with van der Waals surface area (Å²) in [7, 11) is 2.05. The van der Waals surface area contributed by atoms with Gasteiger partial charge in [-0.15, -0.1) is 0 Å². The van der Waals surface area contributed by atoms with E-state index >= 15 is 0 Å². The topological polar surface area (TPSA) is 71.5 Å². The largest absolute Gasteiger partial charge is 0.464 e. The number of amides is 1. The zero-order valence-corrected chi connectivity index (χ0v) is 12.7. The molecule has 0 aromatic carbocycles. The van der Waals surface area contributed by atoms with Gasteiger partial charge in [0, 0.05) is 6.04 Å². The Labute approximate surface area is 115 Å². The Kier molecular flexibility index (Phi) is 4.76. The average molecular weight is 267 g/mol. The van der Waals surface area contributed by atoms with Crippen molar-refractivity contribution in [3.05, 3.63) is 23.2 Å². The van der Waals surface area contributed by atoms with Crippen molar-refractivity contribution < 1.29 is 9.21 Å².